The van der Waals surface area contributed by atoms with Crippen molar-refractivity contribution >= 4 is 17.8 Å². The van der Waals surface area contributed by atoms with Crippen LogP contribution in [0.3, 0.4) is 0 Å². The Morgan fingerprint density at radius 1 is 1.17 bits per heavy atom. The Morgan fingerprint density at radius 3 is 2.70 bits per heavy atom. The monoisotopic (exact) mass is 407 g/mol. The van der Waals surface area contributed by atoms with Gasteiger partial charge in [0.15, 0.2) is 6.61 Å². The summed E-state index contributed by atoms with van der Waals surface area (Å²) in [6, 6.07) is 13.6. The summed E-state index contributed by atoms with van der Waals surface area (Å²) < 4.78 is 11.2. The van der Waals surface area contributed by atoms with Gasteiger partial charge >= 0.3 is 0 Å². The Kier molecular flexibility index (Phi) is 6.26. The number of carbonyl (C=O) groups is 1. The smallest absolute Gasteiger partial charge is 0.277 e. The van der Waals surface area contributed by atoms with Crippen LogP contribution in [0.5, 0.6) is 5.75 Å². The van der Waals surface area contributed by atoms with E-state index in [9.17, 15) is 14.9 Å². The minimum Gasteiger partial charge on any atom is -0.483 e. The molecule has 0 saturated heterocycles. The first-order chi connectivity index (χ1) is 14.3. The number of rotatable bonds is 7. The summed E-state index contributed by atoms with van der Waals surface area (Å²) in [4.78, 5) is 22.3. The Morgan fingerprint density at radius 2 is 1.97 bits per heavy atom. The van der Waals surface area contributed by atoms with Crippen LogP contribution in [-0.4, -0.2) is 23.7 Å². The SMILES string of the molecule is Cc1cc([N+](=O)[O-])ccc1-c1ccc(/C=N/NC(=O)COc2cccc(C)c2C)o1. The van der Waals surface area contributed by atoms with Gasteiger partial charge in [-0.1, -0.05) is 12.1 Å². The number of aryl methyl sites for hydroxylation is 2. The van der Waals surface area contributed by atoms with Crippen LogP contribution < -0.4 is 10.2 Å². The van der Waals surface area contributed by atoms with E-state index in [-0.39, 0.29) is 12.3 Å². The summed E-state index contributed by atoms with van der Waals surface area (Å²) in [5.74, 6) is 1.24. The molecule has 0 aliphatic heterocycles. The van der Waals surface area contributed by atoms with E-state index in [1.165, 1.54) is 18.3 Å². The number of hydrogen-bond acceptors (Lipinski definition) is 6. The fraction of sp³-hybridized carbons (Fsp3) is 0.182. The van der Waals surface area contributed by atoms with Crippen molar-refractivity contribution in [3.05, 3.63) is 81.1 Å². The molecule has 0 spiro atoms. The lowest BCUT2D eigenvalue weighted by Crippen LogP contribution is -2.24. The Hall–Kier alpha value is -3.94. The number of amides is 1. The lowest BCUT2D eigenvalue weighted by Gasteiger charge is -2.09. The van der Waals surface area contributed by atoms with Gasteiger partial charge in [0.05, 0.1) is 11.1 Å². The van der Waals surface area contributed by atoms with Gasteiger partial charge in [0.25, 0.3) is 11.6 Å². The van der Waals surface area contributed by atoms with Crippen LogP contribution in [0.15, 0.2) is 58.0 Å². The molecule has 0 unspecified atom stereocenters. The van der Waals surface area contributed by atoms with E-state index in [0.717, 1.165) is 22.3 Å². The van der Waals surface area contributed by atoms with Crippen LogP contribution in [0.25, 0.3) is 11.3 Å². The molecule has 1 N–H and O–H groups in total. The van der Waals surface area contributed by atoms with Gasteiger partial charge < -0.3 is 9.15 Å². The number of furan rings is 1. The molecule has 0 atom stereocenters. The number of benzene rings is 2. The number of nitro groups is 1. The van der Waals surface area contributed by atoms with Crippen molar-refractivity contribution in [2.24, 2.45) is 5.10 Å². The van der Waals surface area contributed by atoms with Gasteiger partial charge in [-0.3, -0.25) is 14.9 Å². The molecule has 0 fully saturated rings. The van der Waals surface area contributed by atoms with Crippen molar-refractivity contribution in [2.45, 2.75) is 20.8 Å². The molecule has 1 amide bonds. The topological polar surface area (TPSA) is 107 Å². The zero-order chi connectivity index (χ0) is 21.7. The Bertz CT molecular complexity index is 1120. The molecule has 1 aromatic heterocycles. The number of hydrazone groups is 1. The minimum atomic E-state index is -0.441. The van der Waals surface area contributed by atoms with Crippen molar-refractivity contribution < 1.29 is 18.9 Å². The number of nitrogens with zero attached hydrogens (tertiary/aromatic N) is 2. The van der Waals surface area contributed by atoms with E-state index in [4.69, 9.17) is 9.15 Å². The van der Waals surface area contributed by atoms with E-state index >= 15 is 0 Å². The standard InChI is InChI=1S/C22H21N3O5/c1-14-5-4-6-20(16(14)3)29-13-22(26)24-23-12-18-8-10-21(30-18)19-9-7-17(25(27)28)11-15(19)2/h4-12H,13H2,1-3H3,(H,24,26)/b23-12+. The average Bonchev–Trinajstić information content (AvgIpc) is 3.17. The van der Waals surface area contributed by atoms with Gasteiger partial charge in [0, 0.05) is 17.7 Å². The van der Waals surface area contributed by atoms with Crippen LogP contribution in [-0.2, 0) is 4.79 Å². The third kappa shape index (κ3) is 4.91. The highest BCUT2D eigenvalue weighted by Gasteiger charge is 2.12. The summed E-state index contributed by atoms with van der Waals surface area (Å²) in [7, 11) is 0. The largest absolute Gasteiger partial charge is 0.483 e. The van der Waals surface area contributed by atoms with E-state index < -0.39 is 10.8 Å². The number of ether oxygens (including phenoxy) is 1. The van der Waals surface area contributed by atoms with Crippen molar-refractivity contribution in [3.8, 4) is 17.1 Å². The number of nitrogens with one attached hydrogen (secondary N) is 1. The van der Waals surface area contributed by atoms with E-state index in [1.807, 2.05) is 32.0 Å². The number of nitro benzene ring substituents is 1. The Labute approximate surface area is 173 Å². The molecule has 30 heavy (non-hydrogen) atoms. The van der Waals surface area contributed by atoms with Gasteiger partial charge in [-0.05, 0) is 61.7 Å². The van der Waals surface area contributed by atoms with Crippen molar-refractivity contribution in [1.82, 2.24) is 5.43 Å². The van der Waals surface area contributed by atoms with Gasteiger partial charge in [0.2, 0.25) is 0 Å². The second-order valence-corrected chi connectivity index (χ2v) is 6.74. The van der Waals surface area contributed by atoms with Crippen molar-refractivity contribution in [2.75, 3.05) is 6.61 Å². The summed E-state index contributed by atoms with van der Waals surface area (Å²) >= 11 is 0. The van der Waals surface area contributed by atoms with E-state index in [2.05, 4.69) is 10.5 Å². The molecule has 3 rings (SSSR count). The van der Waals surface area contributed by atoms with Crippen LogP contribution in [0.2, 0.25) is 0 Å². The lowest BCUT2D eigenvalue weighted by molar-refractivity contribution is -0.384. The maximum absolute atomic E-state index is 11.9. The van der Waals surface area contributed by atoms with Crippen LogP contribution in [0.4, 0.5) is 5.69 Å². The third-order valence-corrected chi connectivity index (χ3v) is 4.61. The minimum absolute atomic E-state index is 0.0235. The van der Waals surface area contributed by atoms with Gasteiger partial charge in [-0.15, -0.1) is 0 Å². The second kappa shape index (κ2) is 9.04. The highest BCUT2D eigenvalue weighted by Crippen LogP contribution is 2.28. The Balaban J connectivity index is 1.57. The van der Waals surface area contributed by atoms with E-state index in [0.29, 0.717) is 17.3 Å². The quantitative estimate of drug-likeness (QED) is 0.357. The highest BCUT2D eigenvalue weighted by molar-refractivity contribution is 5.82. The fourth-order valence-corrected chi connectivity index (χ4v) is 2.83. The first-order valence-electron chi connectivity index (χ1n) is 9.21. The normalized spacial score (nSPS) is 10.9. The molecule has 0 radical (unpaired) electrons. The van der Waals surface area contributed by atoms with Gasteiger partial charge in [-0.25, -0.2) is 5.43 Å². The lowest BCUT2D eigenvalue weighted by atomic mass is 10.1. The average molecular weight is 407 g/mol. The molecule has 0 saturated carbocycles. The summed E-state index contributed by atoms with van der Waals surface area (Å²) in [6.45, 7) is 5.52. The molecule has 3 aromatic rings. The molecule has 2 aromatic carbocycles. The molecule has 1 heterocycles. The summed E-state index contributed by atoms with van der Waals surface area (Å²) in [6.07, 6.45) is 1.38. The van der Waals surface area contributed by atoms with Gasteiger partial charge in [-0.2, -0.15) is 5.10 Å². The summed E-state index contributed by atoms with van der Waals surface area (Å²) in [5, 5.41) is 14.7. The maximum Gasteiger partial charge on any atom is 0.277 e. The number of carbonyl (C=O) groups excluding carboxylic acids is 1. The third-order valence-electron chi connectivity index (χ3n) is 4.61. The summed E-state index contributed by atoms with van der Waals surface area (Å²) in [5.41, 5.74) is 5.94. The number of non-ortho nitro benzene ring substituents is 1. The van der Waals surface area contributed by atoms with Crippen molar-refractivity contribution in [1.29, 1.82) is 0 Å². The molecule has 154 valence electrons. The molecule has 8 heteroatoms. The van der Waals surface area contributed by atoms with Crippen molar-refractivity contribution in [3.63, 3.8) is 0 Å². The zero-order valence-corrected chi connectivity index (χ0v) is 16.8. The molecule has 0 aliphatic rings. The molecular formula is C22H21N3O5. The molecule has 0 bridgehead atoms. The highest BCUT2D eigenvalue weighted by atomic mass is 16.6. The predicted octanol–water partition coefficient (Wildman–Crippen LogP) is 4.31. The van der Waals surface area contributed by atoms with Gasteiger partial charge in [0.1, 0.15) is 17.3 Å². The van der Waals surface area contributed by atoms with Crippen LogP contribution in [0, 0.1) is 30.9 Å². The maximum atomic E-state index is 11.9. The second-order valence-electron chi connectivity index (χ2n) is 6.74. The molecular weight excluding hydrogens is 386 g/mol. The van der Waals surface area contributed by atoms with E-state index in [1.54, 1.807) is 25.1 Å². The first kappa shape index (κ1) is 20.8. The number of hydrogen-bond donors (Lipinski definition) is 1. The zero-order valence-electron chi connectivity index (χ0n) is 16.8. The van der Waals surface area contributed by atoms with Crippen LogP contribution in [0.1, 0.15) is 22.5 Å². The molecule has 0 aliphatic carbocycles. The van der Waals surface area contributed by atoms with Crippen LogP contribution >= 0.6 is 0 Å². The fourth-order valence-electron chi connectivity index (χ4n) is 2.83. The predicted molar refractivity (Wildman–Crippen MR) is 113 cm³/mol. The molecule has 8 nitrogen and oxygen atoms in total. The first-order valence-corrected chi connectivity index (χ1v) is 9.21.